The number of allylic oxidation sites excluding steroid dienone is 4. The van der Waals surface area contributed by atoms with Crippen LogP contribution >= 0.6 is 0 Å². The highest BCUT2D eigenvalue weighted by Gasteiger charge is 1.98. The predicted octanol–water partition coefficient (Wildman–Crippen LogP) is 2.53. The van der Waals surface area contributed by atoms with E-state index in [1.807, 2.05) is 0 Å². The van der Waals surface area contributed by atoms with Crippen LogP contribution in [0.3, 0.4) is 0 Å². The SMILES string of the molecule is CC(C)/C=C1\C=CC1. The molecule has 0 aromatic carbocycles. The maximum Gasteiger partial charge on any atom is -0.00974 e. The number of rotatable bonds is 1. The third-order valence-corrected chi connectivity index (χ3v) is 1.23. The van der Waals surface area contributed by atoms with Gasteiger partial charge in [0.05, 0.1) is 0 Å². The van der Waals surface area contributed by atoms with E-state index in [2.05, 4.69) is 32.1 Å². The molecule has 0 heterocycles. The Kier molecular flexibility index (Phi) is 1.52. The van der Waals surface area contributed by atoms with Gasteiger partial charge in [0.25, 0.3) is 0 Å². The van der Waals surface area contributed by atoms with Gasteiger partial charge in [-0.15, -0.1) is 0 Å². The quantitative estimate of drug-likeness (QED) is 0.484. The Morgan fingerprint density at radius 1 is 1.62 bits per heavy atom. The maximum absolute atomic E-state index is 2.31. The lowest BCUT2D eigenvalue weighted by Gasteiger charge is -2.07. The first-order valence-electron chi connectivity index (χ1n) is 3.16. The van der Waals surface area contributed by atoms with Crippen LogP contribution in [0.25, 0.3) is 0 Å². The fourth-order valence-electron chi connectivity index (χ4n) is 0.806. The third-order valence-electron chi connectivity index (χ3n) is 1.23. The summed E-state index contributed by atoms with van der Waals surface area (Å²) in [5, 5.41) is 0. The lowest BCUT2D eigenvalue weighted by molar-refractivity contribution is 0.818. The summed E-state index contributed by atoms with van der Waals surface area (Å²) in [4.78, 5) is 0. The van der Waals surface area contributed by atoms with Crippen LogP contribution in [0.2, 0.25) is 0 Å². The molecule has 0 nitrogen and oxygen atoms in total. The molecule has 8 heavy (non-hydrogen) atoms. The molecule has 0 radical (unpaired) electrons. The van der Waals surface area contributed by atoms with Crippen molar-refractivity contribution in [2.24, 2.45) is 5.92 Å². The summed E-state index contributed by atoms with van der Waals surface area (Å²) in [7, 11) is 0. The Morgan fingerprint density at radius 3 is 2.38 bits per heavy atom. The Labute approximate surface area is 50.9 Å². The van der Waals surface area contributed by atoms with Crippen molar-refractivity contribution in [2.75, 3.05) is 0 Å². The highest BCUT2D eigenvalue weighted by molar-refractivity contribution is 5.30. The zero-order valence-electron chi connectivity index (χ0n) is 5.52. The Morgan fingerprint density at radius 2 is 2.25 bits per heavy atom. The Balaban J connectivity index is 2.44. The molecule has 1 aliphatic carbocycles. The summed E-state index contributed by atoms with van der Waals surface area (Å²) in [5.41, 5.74) is 1.50. The van der Waals surface area contributed by atoms with Crippen molar-refractivity contribution in [2.45, 2.75) is 20.3 Å². The molecule has 0 aliphatic heterocycles. The first-order chi connectivity index (χ1) is 3.79. The molecule has 0 fully saturated rings. The van der Waals surface area contributed by atoms with Crippen molar-refractivity contribution in [1.82, 2.24) is 0 Å². The fraction of sp³-hybridized carbons (Fsp3) is 0.500. The van der Waals surface area contributed by atoms with Gasteiger partial charge in [0, 0.05) is 0 Å². The minimum absolute atomic E-state index is 0.718. The van der Waals surface area contributed by atoms with Crippen LogP contribution in [-0.2, 0) is 0 Å². The van der Waals surface area contributed by atoms with Crippen molar-refractivity contribution in [3.63, 3.8) is 0 Å². The van der Waals surface area contributed by atoms with E-state index in [0.717, 1.165) is 5.92 Å². The molecule has 0 heteroatoms. The summed E-state index contributed by atoms with van der Waals surface area (Å²) in [6.07, 6.45) is 7.87. The van der Waals surface area contributed by atoms with E-state index < -0.39 is 0 Å². The normalized spacial score (nSPS) is 22.1. The van der Waals surface area contributed by atoms with Crippen molar-refractivity contribution < 1.29 is 0 Å². The minimum Gasteiger partial charge on any atom is -0.0799 e. The molecular formula is C8H12. The molecule has 1 aliphatic rings. The first kappa shape index (κ1) is 5.61. The molecule has 0 aromatic rings. The molecule has 0 spiro atoms. The molecule has 44 valence electrons. The topological polar surface area (TPSA) is 0 Å². The highest BCUT2D eigenvalue weighted by atomic mass is 14.0. The molecule has 0 bridgehead atoms. The lowest BCUT2D eigenvalue weighted by atomic mass is 9.99. The van der Waals surface area contributed by atoms with Gasteiger partial charge in [-0.2, -0.15) is 0 Å². The van der Waals surface area contributed by atoms with Gasteiger partial charge in [-0.25, -0.2) is 0 Å². The summed E-state index contributed by atoms with van der Waals surface area (Å²) in [5.74, 6) is 0.718. The smallest absolute Gasteiger partial charge is 0.00974 e. The van der Waals surface area contributed by atoms with Crippen molar-refractivity contribution >= 4 is 0 Å². The molecule has 1 rings (SSSR count). The van der Waals surface area contributed by atoms with E-state index in [0.29, 0.717) is 0 Å². The molecule has 0 saturated carbocycles. The number of hydrogen-bond acceptors (Lipinski definition) is 0. The second-order valence-corrected chi connectivity index (χ2v) is 2.59. The van der Waals surface area contributed by atoms with Gasteiger partial charge in [0.15, 0.2) is 0 Å². The Hall–Kier alpha value is -0.520. The van der Waals surface area contributed by atoms with Gasteiger partial charge in [-0.05, 0) is 17.9 Å². The van der Waals surface area contributed by atoms with E-state index in [-0.39, 0.29) is 0 Å². The van der Waals surface area contributed by atoms with Crippen LogP contribution in [0.15, 0.2) is 23.8 Å². The Bertz CT molecular complexity index is 127. The van der Waals surface area contributed by atoms with Gasteiger partial charge in [0.1, 0.15) is 0 Å². The second-order valence-electron chi connectivity index (χ2n) is 2.59. The summed E-state index contributed by atoms with van der Waals surface area (Å²) >= 11 is 0. The average molecular weight is 108 g/mol. The van der Waals surface area contributed by atoms with Crippen LogP contribution in [0, 0.1) is 5.92 Å². The molecule has 0 N–H and O–H groups in total. The van der Waals surface area contributed by atoms with Gasteiger partial charge >= 0.3 is 0 Å². The summed E-state index contributed by atoms with van der Waals surface area (Å²) in [6.45, 7) is 4.42. The van der Waals surface area contributed by atoms with Gasteiger partial charge in [0.2, 0.25) is 0 Å². The van der Waals surface area contributed by atoms with Crippen LogP contribution in [0.5, 0.6) is 0 Å². The van der Waals surface area contributed by atoms with E-state index in [1.54, 1.807) is 0 Å². The van der Waals surface area contributed by atoms with Crippen molar-refractivity contribution in [1.29, 1.82) is 0 Å². The predicted molar refractivity (Wildman–Crippen MR) is 36.7 cm³/mol. The van der Waals surface area contributed by atoms with Crippen LogP contribution in [0.4, 0.5) is 0 Å². The van der Waals surface area contributed by atoms with E-state index in [4.69, 9.17) is 0 Å². The molecular weight excluding hydrogens is 96.1 g/mol. The van der Waals surface area contributed by atoms with Crippen molar-refractivity contribution in [3.8, 4) is 0 Å². The van der Waals surface area contributed by atoms with E-state index >= 15 is 0 Å². The zero-order chi connectivity index (χ0) is 5.98. The monoisotopic (exact) mass is 108 g/mol. The molecule has 0 atom stereocenters. The van der Waals surface area contributed by atoms with Gasteiger partial charge < -0.3 is 0 Å². The zero-order valence-corrected chi connectivity index (χ0v) is 5.52. The lowest BCUT2D eigenvalue weighted by Crippen LogP contribution is -1.89. The summed E-state index contributed by atoms with van der Waals surface area (Å²) in [6, 6.07) is 0. The van der Waals surface area contributed by atoms with Crippen LogP contribution in [-0.4, -0.2) is 0 Å². The first-order valence-corrected chi connectivity index (χ1v) is 3.16. The third kappa shape index (κ3) is 1.22. The molecule has 0 aromatic heterocycles. The maximum atomic E-state index is 2.31. The minimum atomic E-state index is 0.718. The van der Waals surface area contributed by atoms with Crippen LogP contribution < -0.4 is 0 Å². The van der Waals surface area contributed by atoms with Crippen molar-refractivity contribution in [3.05, 3.63) is 23.8 Å². The van der Waals surface area contributed by atoms with Gasteiger partial charge in [-0.3, -0.25) is 0 Å². The van der Waals surface area contributed by atoms with Gasteiger partial charge in [-0.1, -0.05) is 32.1 Å². The second kappa shape index (κ2) is 2.17. The number of hydrogen-bond donors (Lipinski definition) is 0. The van der Waals surface area contributed by atoms with E-state index in [1.165, 1.54) is 12.0 Å². The standard InChI is InChI=1S/C8H12/c1-7(2)6-8-4-3-5-8/h3-4,6-7H,5H2,1-2H3/b8-6+. The highest BCUT2D eigenvalue weighted by Crippen LogP contribution is 2.16. The molecule has 0 unspecified atom stereocenters. The molecule has 0 saturated heterocycles. The largest absolute Gasteiger partial charge is 0.0799 e. The average Bonchev–Trinajstić information content (AvgIpc) is 1.55. The fourth-order valence-corrected chi connectivity index (χ4v) is 0.806. The summed E-state index contributed by atoms with van der Waals surface area (Å²) < 4.78 is 0. The molecule has 0 amide bonds. The van der Waals surface area contributed by atoms with Crippen LogP contribution in [0.1, 0.15) is 20.3 Å². The van der Waals surface area contributed by atoms with E-state index in [9.17, 15) is 0 Å².